The number of benzene rings is 3. The summed E-state index contributed by atoms with van der Waals surface area (Å²) in [7, 11) is 0. The molecule has 0 aromatic heterocycles. The highest BCUT2D eigenvalue weighted by Gasteiger charge is 2.11. The zero-order valence-corrected chi connectivity index (χ0v) is 17.6. The molecule has 0 atom stereocenters. The van der Waals surface area contributed by atoms with Crippen molar-refractivity contribution in [2.75, 3.05) is 11.9 Å². The lowest BCUT2D eigenvalue weighted by molar-refractivity contribution is -0.136. The number of esters is 1. The molecule has 0 bridgehead atoms. The summed E-state index contributed by atoms with van der Waals surface area (Å²) < 4.78 is 10.9. The fraction of sp³-hybridized carbons (Fsp3) is 0.200. The van der Waals surface area contributed by atoms with Crippen molar-refractivity contribution in [1.82, 2.24) is 0 Å². The van der Waals surface area contributed by atoms with Crippen molar-refractivity contribution < 1.29 is 19.1 Å². The Balaban J connectivity index is 1.57. The van der Waals surface area contributed by atoms with E-state index >= 15 is 0 Å². The molecule has 3 rings (SSSR count). The van der Waals surface area contributed by atoms with Crippen LogP contribution in [0.3, 0.4) is 0 Å². The van der Waals surface area contributed by atoms with Gasteiger partial charge in [0.05, 0.1) is 0 Å². The minimum Gasteiger partial charge on any atom is -0.482 e. The molecule has 154 valence electrons. The standard InChI is InChI=1S/C25H25NO4/c1-16-8-9-18(3)22(14-16)26-25(28)20-10-12-21(13-11-20)30-24(27)15-29-23-7-5-6-17(2)19(23)4/h5-14H,15H2,1-4H3,(H,26,28). The highest BCUT2D eigenvalue weighted by atomic mass is 16.6. The number of aryl methyl sites for hydroxylation is 3. The summed E-state index contributed by atoms with van der Waals surface area (Å²) in [6, 6.07) is 18.0. The van der Waals surface area contributed by atoms with Crippen LogP contribution in [-0.2, 0) is 4.79 Å². The maximum Gasteiger partial charge on any atom is 0.349 e. The van der Waals surface area contributed by atoms with E-state index in [1.54, 1.807) is 24.3 Å². The number of ether oxygens (including phenoxy) is 2. The second-order valence-electron chi connectivity index (χ2n) is 7.26. The van der Waals surface area contributed by atoms with Gasteiger partial charge in [0.2, 0.25) is 0 Å². The Morgan fingerprint density at radius 2 is 1.60 bits per heavy atom. The van der Waals surface area contributed by atoms with Gasteiger partial charge < -0.3 is 14.8 Å². The lowest BCUT2D eigenvalue weighted by Gasteiger charge is -2.11. The molecule has 3 aromatic rings. The highest BCUT2D eigenvalue weighted by Crippen LogP contribution is 2.21. The van der Waals surface area contributed by atoms with Crippen molar-refractivity contribution in [1.29, 1.82) is 0 Å². The first-order valence-electron chi connectivity index (χ1n) is 9.72. The number of hydrogen-bond acceptors (Lipinski definition) is 4. The van der Waals surface area contributed by atoms with Crippen LogP contribution in [-0.4, -0.2) is 18.5 Å². The molecule has 0 saturated heterocycles. The van der Waals surface area contributed by atoms with E-state index in [0.717, 1.165) is 27.9 Å². The molecule has 0 aliphatic heterocycles. The molecule has 3 aromatic carbocycles. The summed E-state index contributed by atoms with van der Waals surface area (Å²) in [5, 5.41) is 2.91. The maximum absolute atomic E-state index is 12.5. The fourth-order valence-electron chi connectivity index (χ4n) is 2.92. The van der Waals surface area contributed by atoms with Gasteiger partial charge in [0.1, 0.15) is 11.5 Å². The third kappa shape index (κ3) is 5.26. The van der Waals surface area contributed by atoms with Crippen LogP contribution in [0.25, 0.3) is 0 Å². The number of carbonyl (C=O) groups excluding carboxylic acids is 2. The molecule has 5 heteroatoms. The first-order valence-corrected chi connectivity index (χ1v) is 9.72. The van der Waals surface area contributed by atoms with Crippen molar-refractivity contribution in [2.45, 2.75) is 27.7 Å². The normalized spacial score (nSPS) is 10.4. The fourth-order valence-corrected chi connectivity index (χ4v) is 2.92. The van der Waals surface area contributed by atoms with Gasteiger partial charge in [-0.25, -0.2) is 4.79 Å². The molecule has 0 spiro atoms. The van der Waals surface area contributed by atoms with Gasteiger partial charge in [-0.15, -0.1) is 0 Å². The second kappa shape index (κ2) is 9.27. The number of anilines is 1. The molecular weight excluding hydrogens is 378 g/mol. The third-order valence-electron chi connectivity index (χ3n) is 4.89. The average Bonchev–Trinajstić information content (AvgIpc) is 2.72. The first kappa shape index (κ1) is 21.1. The summed E-state index contributed by atoms with van der Waals surface area (Å²) in [5.74, 6) is 0.279. The lowest BCUT2D eigenvalue weighted by atomic mass is 10.1. The molecule has 5 nitrogen and oxygen atoms in total. The number of carbonyl (C=O) groups is 2. The van der Waals surface area contributed by atoms with E-state index in [0.29, 0.717) is 17.1 Å². The zero-order valence-electron chi connectivity index (χ0n) is 17.6. The Morgan fingerprint density at radius 1 is 0.867 bits per heavy atom. The molecule has 0 saturated carbocycles. The molecule has 30 heavy (non-hydrogen) atoms. The van der Waals surface area contributed by atoms with E-state index in [-0.39, 0.29) is 12.5 Å². The largest absolute Gasteiger partial charge is 0.482 e. The van der Waals surface area contributed by atoms with Crippen LogP contribution in [0.1, 0.15) is 32.6 Å². The molecule has 0 aliphatic carbocycles. The van der Waals surface area contributed by atoms with Gasteiger partial charge in [-0.1, -0.05) is 24.3 Å². The van der Waals surface area contributed by atoms with E-state index < -0.39 is 5.97 Å². The Morgan fingerprint density at radius 3 is 2.33 bits per heavy atom. The zero-order chi connectivity index (χ0) is 21.7. The first-order chi connectivity index (χ1) is 14.3. The summed E-state index contributed by atoms with van der Waals surface area (Å²) in [6.07, 6.45) is 0. The second-order valence-corrected chi connectivity index (χ2v) is 7.26. The molecule has 0 aliphatic rings. The SMILES string of the molecule is Cc1ccc(C)c(NC(=O)c2ccc(OC(=O)COc3cccc(C)c3C)cc2)c1. The summed E-state index contributed by atoms with van der Waals surface area (Å²) in [5.41, 5.74) is 5.39. The predicted molar refractivity (Wildman–Crippen MR) is 117 cm³/mol. The van der Waals surface area contributed by atoms with Crippen molar-refractivity contribution in [3.8, 4) is 11.5 Å². The van der Waals surface area contributed by atoms with Crippen LogP contribution in [0.15, 0.2) is 60.7 Å². The van der Waals surface area contributed by atoms with E-state index in [2.05, 4.69) is 5.32 Å². The van der Waals surface area contributed by atoms with Crippen LogP contribution in [0.4, 0.5) is 5.69 Å². The number of nitrogens with one attached hydrogen (secondary N) is 1. The monoisotopic (exact) mass is 403 g/mol. The quantitative estimate of drug-likeness (QED) is 0.456. The Labute approximate surface area is 176 Å². The van der Waals surface area contributed by atoms with Gasteiger partial charge in [-0.3, -0.25) is 4.79 Å². The minimum atomic E-state index is -0.511. The third-order valence-corrected chi connectivity index (χ3v) is 4.89. The Hall–Kier alpha value is -3.60. The molecule has 1 amide bonds. The van der Waals surface area contributed by atoms with Crippen LogP contribution in [0.2, 0.25) is 0 Å². The number of amides is 1. The van der Waals surface area contributed by atoms with Crippen LogP contribution >= 0.6 is 0 Å². The number of rotatable bonds is 6. The topological polar surface area (TPSA) is 64.6 Å². The van der Waals surface area contributed by atoms with E-state index in [1.807, 2.05) is 64.1 Å². The smallest absolute Gasteiger partial charge is 0.349 e. The predicted octanol–water partition coefficient (Wildman–Crippen LogP) is 5.16. The van der Waals surface area contributed by atoms with Gasteiger partial charge in [0.15, 0.2) is 6.61 Å². The van der Waals surface area contributed by atoms with E-state index in [9.17, 15) is 9.59 Å². The molecule has 1 N–H and O–H groups in total. The molecule has 0 fully saturated rings. The van der Waals surface area contributed by atoms with Gasteiger partial charge >= 0.3 is 5.97 Å². The van der Waals surface area contributed by atoms with Gasteiger partial charge in [-0.2, -0.15) is 0 Å². The highest BCUT2D eigenvalue weighted by molar-refractivity contribution is 6.04. The van der Waals surface area contributed by atoms with E-state index in [4.69, 9.17) is 9.47 Å². The molecule has 0 radical (unpaired) electrons. The maximum atomic E-state index is 12.5. The van der Waals surface area contributed by atoms with Gasteiger partial charge in [0, 0.05) is 11.3 Å². The van der Waals surface area contributed by atoms with Crippen molar-refractivity contribution in [3.63, 3.8) is 0 Å². The Bertz CT molecular complexity index is 1070. The van der Waals surface area contributed by atoms with E-state index in [1.165, 1.54) is 0 Å². The van der Waals surface area contributed by atoms with Crippen LogP contribution in [0, 0.1) is 27.7 Å². The van der Waals surface area contributed by atoms with Gasteiger partial charge in [-0.05, 0) is 86.3 Å². The molecular formula is C25H25NO4. The molecule has 0 unspecified atom stereocenters. The average molecular weight is 403 g/mol. The summed E-state index contributed by atoms with van der Waals surface area (Å²) >= 11 is 0. The number of hydrogen-bond donors (Lipinski definition) is 1. The Kier molecular flexibility index (Phi) is 6.52. The van der Waals surface area contributed by atoms with Crippen molar-refractivity contribution in [2.24, 2.45) is 0 Å². The van der Waals surface area contributed by atoms with Gasteiger partial charge in [0.25, 0.3) is 5.91 Å². The molecule has 0 heterocycles. The minimum absolute atomic E-state index is 0.195. The van der Waals surface area contributed by atoms with Crippen LogP contribution < -0.4 is 14.8 Å². The summed E-state index contributed by atoms with van der Waals surface area (Å²) in [4.78, 5) is 24.6. The van der Waals surface area contributed by atoms with Crippen molar-refractivity contribution >= 4 is 17.6 Å². The summed E-state index contributed by atoms with van der Waals surface area (Å²) in [6.45, 7) is 7.65. The van der Waals surface area contributed by atoms with Crippen molar-refractivity contribution in [3.05, 3.63) is 88.5 Å². The van der Waals surface area contributed by atoms with Crippen LogP contribution in [0.5, 0.6) is 11.5 Å². The lowest BCUT2D eigenvalue weighted by Crippen LogP contribution is -2.18.